The van der Waals surface area contributed by atoms with Crippen LogP contribution in [0.2, 0.25) is 0 Å². The minimum Gasteiger partial charge on any atom is -0.450 e. The van der Waals surface area contributed by atoms with Crippen LogP contribution in [0.1, 0.15) is 18.6 Å². The number of fused-ring (bicyclic) bond motifs is 1. The van der Waals surface area contributed by atoms with E-state index in [1.54, 1.807) is 31.3 Å². The highest BCUT2D eigenvalue weighted by atomic mass is 16.6. The van der Waals surface area contributed by atoms with E-state index in [2.05, 4.69) is 4.98 Å². The standard InChI is InChI=1S/C17H14N2O4/c1-11(20)12-4-7-16(19(21)22)17(10-12)23-14-5-6-15-13(9-14)3-2-8-18-15/h2-11,20H,1H3. The molecule has 0 amide bonds. The molecule has 6 heteroatoms. The van der Waals surface area contributed by atoms with Crippen LogP contribution >= 0.6 is 0 Å². The SMILES string of the molecule is CC(O)c1ccc([N+](=O)[O-])c(Oc2ccc3ncccc3c2)c1. The van der Waals surface area contributed by atoms with Gasteiger partial charge in [0.25, 0.3) is 0 Å². The Morgan fingerprint density at radius 2 is 2.04 bits per heavy atom. The molecule has 1 unspecified atom stereocenters. The average molecular weight is 310 g/mol. The first-order valence-electron chi connectivity index (χ1n) is 7.03. The zero-order valence-corrected chi connectivity index (χ0v) is 12.3. The summed E-state index contributed by atoms with van der Waals surface area (Å²) in [5.74, 6) is 0.563. The topological polar surface area (TPSA) is 85.5 Å². The number of hydrogen-bond donors (Lipinski definition) is 1. The Morgan fingerprint density at radius 1 is 1.22 bits per heavy atom. The summed E-state index contributed by atoms with van der Waals surface area (Å²) in [4.78, 5) is 14.9. The lowest BCUT2D eigenvalue weighted by molar-refractivity contribution is -0.385. The van der Waals surface area contributed by atoms with Gasteiger partial charge in [-0.3, -0.25) is 15.1 Å². The lowest BCUT2D eigenvalue weighted by Crippen LogP contribution is -1.97. The monoisotopic (exact) mass is 310 g/mol. The summed E-state index contributed by atoms with van der Waals surface area (Å²) in [6, 6.07) is 13.3. The van der Waals surface area contributed by atoms with Crippen molar-refractivity contribution in [2.45, 2.75) is 13.0 Å². The quantitative estimate of drug-likeness (QED) is 0.581. The summed E-state index contributed by atoms with van der Waals surface area (Å²) in [6.45, 7) is 1.59. The highest BCUT2D eigenvalue weighted by Gasteiger charge is 2.18. The van der Waals surface area contributed by atoms with Crippen LogP contribution in [0.3, 0.4) is 0 Å². The molecule has 1 N–H and O–H groups in total. The van der Waals surface area contributed by atoms with Crippen molar-refractivity contribution >= 4 is 16.6 Å². The van der Waals surface area contributed by atoms with Crippen LogP contribution in [0.5, 0.6) is 11.5 Å². The maximum Gasteiger partial charge on any atom is 0.311 e. The maximum absolute atomic E-state index is 11.2. The Hall–Kier alpha value is -2.99. The predicted molar refractivity (Wildman–Crippen MR) is 85.5 cm³/mol. The predicted octanol–water partition coefficient (Wildman–Crippen LogP) is 3.99. The van der Waals surface area contributed by atoms with Gasteiger partial charge in [-0.2, -0.15) is 0 Å². The minimum absolute atomic E-state index is 0.0941. The molecule has 1 aromatic heterocycles. The molecule has 3 rings (SSSR count). The molecule has 0 aliphatic carbocycles. The molecule has 3 aromatic rings. The number of aromatic nitrogens is 1. The van der Waals surface area contributed by atoms with Crippen LogP contribution < -0.4 is 4.74 Å². The van der Waals surface area contributed by atoms with Gasteiger partial charge >= 0.3 is 5.69 Å². The lowest BCUT2D eigenvalue weighted by atomic mass is 10.1. The zero-order chi connectivity index (χ0) is 16.4. The van der Waals surface area contributed by atoms with Crippen molar-refractivity contribution in [2.75, 3.05) is 0 Å². The van der Waals surface area contributed by atoms with Crippen molar-refractivity contribution in [3.8, 4) is 11.5 Å². The number of hydrogen-bond acceptors (Lipinski definition) is 5. The Balaban J connectivity index is 2.02. The second kappa shape index (κ2) is 6.02. The third-order valence-corrected chi connectivity index (χ3v) is 3.47. The molecule has 116 valence electrons. The number of rotatable bonds is 4. The number of nitro groups is 1. The lowest BCUT2D eigenvalue weighted by Gasteiger charge is -2.10. The molecular formula is C17H14N2O4. The Bertz CT molecular complexity index is 877. The molecule has 0 bridgehead atoms. The van der Waals surface area contributed by atoms with Gasteiger partial charge in [0.2, 0.25) is 5.75 Å². The molecule has 0 aliphatic heterocycles. The normalized spacial score (nSPS) is 12.1. The van der Waals surface area contributed by atoms with Crippen LogP contribution in [0, 0.1) is 10.1 Å². The van der Waals surface area contributed by atoms with E-state index < -0.39 is 11.0 Å². The third-order valence-electron chi connectivity index (χ3n) is 3.47. The van der Waals surface area contributed by atoms with Gasteiger partial charge in [-0.25, -0.2) is 0 Å². The molecule has 0 saturated heterocycles. The molecular weight excluding hydrogens is 296 g/mol. The van der Waals surface area contributed by atoms with Gasteiger partial charge in [-0.15, -0.1) is 0 Å². The van der Waals surface area contributed by atoms with Crippen LogP contribution in [0.4, 0.5) is 5.69 Å². The molecule has 23 heavy (non-hydrogen) atoms. The van der Waals surface area contributed by atoms with E-state index in [-0.39, 0.29) is 11.4 Å². The molecule has 0 aliphatic rings. The minimum atomic E-state index is -0.737. The number of aliphatic hydroxyl groups excluding tert-OH is 1. The van der Waals surface area contributed by atoms with Crippen molar-refractivity contribution < 1.29 is 14.8 Å². The maximum atomic E-state index is 11.2. The van der Waals surface area contributed by atoms with Gasteiger partial charge in [0.15, 0.2) is 0 Å². The smallest absolute Gasteiger partial charge is 0.311 e. The summed E-state index contributed by atoms with van der Waals surface area (Å²) in [5, 5.41) is 21.7. The summed E-state index contributed by atoms with van der Waals surface area (Å²) >= 11 is 0. The first-order chi connectivity index (χ1) is 11.0. The van der Waals surface area contributed by atoms with Crippen LogP contribution in [0.25, 0.3) is 10.9 Å². The van der Waals surface area contributed by atoms with Gasteiger partial charge < -0.3 is 9.84 Å². The largest absolute Gasteiger partial charge is 0.450 e. The number of benzene rings is 2. The highest BCUT2D eigenvalue weighted by Crippen LogP contribution is 2.34. The Labute approximate surface area is 132 Å². The molecule has 1 atom stereocenters. The van der Waals surface area contributed by atoms with Crippen LogP contribution in [-0.2, 0) is 0 Å². The van der Waals surface area contributed by atoms with E-state index in [0.717, 1.165) is 10.9 Å². The highest BCUT2D eigenvalue weighted by molar-refractivity contribution is 5.79. The number of nitro benzene ring substituents is 1. The molecule has 0 radical (unpaired) electrons. The van der Waals surface area contributed by atoms with Crippen molar-refractivity contribution in [1.29, 1.82) is 0 Å². The molecule has 0 spiro atoms. The number of aliphatic hydroxyl groups is 1. The first kappa shape index (κ1) is 14.9. The fraction of sp³-hybridized carbons (Fsp3) is 0.118. The summed E-state index contributed by atoms with van der Waals surface area (Å²) in [7, 11) is 0. The molecule has 6 nitrogen and oxygen atoms in total. The second-order valence-corrected chi connectivity index (χ2v) is 5.12. The van der Waals surface area contributed by atoms with Crippen LogP contribution in [0.15, 0.2) is 54.7 Å². The number of nitrogens with zero attached hydrogens (tertiary/aromatic N) is 2. The molecule has 0 fully saturated rings. The Morgan fingerprint density at radius 3 is 2.78 bits per heavy atom. The Kier molecular flexibility index (Phi) is 3.91. The van der Waals surface area contributed by atoms with Gasteiger partial charge in [0, 0.05) is 17.6 Å². The van der Waals surface area contributed by atoms with Gasteiger partial charge in [0.05, 0.1) is 16.5 Å². The number of pyridine rings is 1. The fourth-order valence-corrected chi connectivity index (χ4v) is 2.27. The van der Waals surface area contributed by atoms with E-state index in [9.17, 15) is 15.2 Å². The van der Waals surface area contributed by atoms with Crippen molar-refractivity contribution in [3.05, 3.63) is 70.4 Å². The summed E-state index contributed by atoms with van der Waals surface area (Å²) in [6.07, 6.45) is 0.957. The summed E-state index contributed by atoms with van der Waals surface area (Å²) < 4.78 is 5.69. The molecule has 2 aromatic carbocycles. The fourth-order valence-electron chi connectivity index (χ4n) is 2.27. The van der Waals surface area contributed by atoms with Crippen LogP contribution in [-0.4, -0.2) is 15.0 Å². The number of ether oxygens (including phenoxy) is 1. The van der Waals surface area contributed by atoms with Gasteiger partial charge in [-0.05, 0) is 48.9 Å². The van der Waals surface area contributed by atoms with E-state index in [1.165, 1.54) is 18.2 Å². The second-order valence-electron chi connectivity index (χ2n) is 5.12. The molecule has 1 heterocycles. The average Bonchev–Trinajstić information content (AvgIpc) is 2.54. The van der Waals surface area contributed by atoms with Crippen molar-refractivity contribution in [1.82, 2.24) is 4.98 Å². The van der Waals surface area contributed by atoms with Crippen molar-refractivity contribution in [3.63, 3.8) is 0 Å². The van der Waals surface area contributed by atoms with Crippen molar-refractivity contribution in [2.24, 2.45) is 0 Å². The van der Waals surface area contributed by atoms with E-state index in [1.807, 2.05) is 12.1 Å². The zero-order valence-electron chi connectivity index (χ0n) is 12.3. The van der Waals surface area contributed by atoms with Gasteiger partial charge in [-0.1, -0.05) is 6.07 Å². The third kappa shape index (κ3) is 3.12. The van der Waals surface area contributed by atoms with E-state index in [4.69, 9.17) is 4.74 Å². The molecule has 0 saturated carbocycles. The van der Waals surface area contributed by atoms with E-state index in [0.29, 0.717) is 11.3 Å². The van der Waals surface area contributed by atoms with Gasteiger partial charge in [0.1, 0.15) is 5.75 Å². The summed E-state index contributed by atoms with van der Waals surface area (Å²) in [5.41, 5.74) is 1.21. The first-order valence-corrected chi connectivity index (χ1v) is 7.03. The van der Waals surface area contributed by atoms with E-state index >= 15 is 0 Å².